The monoisotopic (exact) mass is 556 g/mol. The number of aromatic amines is 1. The molecule has 10 nitrogen and oxygen atoms in total. The maximum atomic E-state index is 13.7. The molecule has 2 aromatic heterocycles. The van der Waals surface area contributed by atoms with E-state index < -0.39 is 22.2 Å². The van der Waals surface area contributed by atoms with Crippen LogP contribution in [-0.4, -0.2) is 32.8 Å². The fraction of sp³-hybridized carbons (Fsp3) is 0.172. The number of nitro groups is 1. The number of hydrogen-bond acceptors (Lipinski definition) is 8. The summed E-state index contributed by atoms with van der Waals surface area (Å²) in [5.41, 5.74) is 2.13. The van der Waals surface area contributed by atoms with E-state index >= 15 is 0 Å². The van der Waals surface area contributed by atoms with Crippen LogP contribution in [0.4, 0.5) is 5.69 Å². The lowest BCUT2D eigenvalue weighted by Gasteiger charge is -2.05. The van der Waals surface area contributed by atoms with Gasteiger partial charge in [0.2, 0.25) is 5.78 Å². The van der Waals surface area contributed by atoms with Gasteiger partial charge in [-0.25, -0.2) is 4.79 Å². The number of nitriles is 1. The molecule has 0 atom stereocenters. The van der Waals surface area contributed by atoms with Gasteiger partial charge < -0.3 is 9.72 Å². The minimum Gasteiger partial charge on any atom is -0.462 e. The normalized spacial score (nSPS) is 12.1. The SMILES string of the molecule is CCOC(=O)c1c(C)[nH]c(C(=O)/C(C#N)=c2\s/c(=C/c3ccc([N+](=O)[O-])cc3)c(=O)n2-c2ccc(C)cc2)c1C. The third kappa shape index (κ3) is 5.25. The summed E-state index contributed by atoms with van der Waals surface area (Å²) in [5.74, 6) is -1.26. The van der Waals surface area contributed by atoms with E-state index in [2.05, 4.69) is 4.98 Å². The molecule has 0 unspecified atom stereocenters. The van der Waals surface area contributed by atoms with E-state index in [1.165, 1.54) is 28.8 Å². The van der Waals surface area contributed by atoms with Crippen molar-refractivity contribution in [2.75, 3.05) is 6.61 Å². The number of aromatic nitrogens is 2. The average Bonchev–Trinajstić information content (AvgIpc) is 3.40. The number of rotatable bonds is 7. The van der Waals surface area contributed by atoms with Crippen LogP contribution >= 0.6 is 11.3 Å². The number of non-ortho nitro benzene ring substituents is 1. The quantitative estimate of drug-likeness (QED) is 0.158. The minimum absolute atomic E-state index is 0.0503. The molecule has 1 N–H and O–H groups in total. The number of nitro benzene ring substituents is 1. The Labute approximate surface area is 232 Å². The summed E-state index contributed by atoms with van der Waals surface area (Å²) in [6.45, 7) is 6.95. The highest BCUT2D eigenvalue weighted by Crippen LogP contribution is 2.22. The molecule has 11 heteroatoms. The summed E-state index contributed by atoms with van der Waals surface area (Å²) in [4.78, 5) is 53.3. The van der Waals surface area contributed by atoms with Crippen LogP contribution in [0, 0.1) is 42.2 Å². The van der Waals surface area contributed by atoms with Gasteiger partial charge in [-0.1, -0.05) is 17.7 Å². The summed E-state index contributed by atoms with van der Waals surface area (Å²) in [5, 5.41) is 21.2. The number of hydrogen-bond donors (Lipinski definition) is 1. The van der Waals surface area contributed by atoms with Crippen molar-refractivity contribution in [1.29, 1.82) is 5.26 Å². The van der Waals surface area contributed by atoms with Crippen molar-refractivity contribution < 1.29 is 19.2 Å². The number of ether oxygens (including phenoxy) is 1. The highest BCUT2D eigenvalue weighted by Gasteiger charge is 2.26. The average molecular weight is 557 g/mol. The topological polar surface area (TPSA) is 148 Å². The molecule has 4 rings (SSSR count). The molecule has 0 saturated heterocycles. The van der Waals surface area contributed by atoms with Crippen molar-refractivity contribution in [3.8, 4) is 11.8 Å². The number of carbonyl (C=O) groups is 2. The minimum atomic E-state index is -0.678. The Kier molecular flexibility index (Phi) is 7.93. The maximum absolute atomic E-state index is 13.7. The Morgan fingerprint density at radius 3 is 2.35 bits per heavy atom. The second-order valence-corrected chi connectivity index (χ2v) is 9.93. The number of nitrogens with zero attached hydrogens (tertiary/aromatic N) is 3. The van der Waals surface area contributed by atoms with E-state index in [4.69, 9.17) is 4.74 Å². The highest BCUT2D eigenvalue weighted by molar-refractivity contribution is 7.07. The Balaban J connectivity index is 1.99. The zero-order chi connectivity index (χ0) is 29.1. The van der Waals surface area contributed by atoms with E-state index in [0.29, 0.717) is 22.5 Å². The number of aryl methyl sites for hydroxylation is 2. The lowest BCUT2D eigenvalue weighted by molar-refractivity contribution is -0.384. The van der Waals surface area contributed by atoms with E-state index in [1.807, 2.05) is 13.0 Å². The number of esters is 1. The third-order valence-corrected chi connectivity index (χ3v) is 7.31. The smallest absolute Gasteiger partial charge is 0.340 e. The number of H-pyrrole nitrogens is 1. The Bertz CT molecular complexity index is 1870. The first-order valence-corrected chi connectivity index (χ1v) is 13.0. The van der Waals surface area contributed by atoms with Crippen LogP contribution in [0.3, 0.4) is 0 Å². The van der Waals surface area contributed by atoms with Crippen molar-refractivity contribution in [2.45, 2.75) is 27.7 Å². The number of carbonyl (C=O) groups excluding carboxylic acids is 2. The third-order valence-electron chi connectivity index (χ3n) is 6.21. The fourth-order valence-electron chi connectivity index (χ4n) is 4.23. The Morgan fingerprint density at radius 2 is 1.77 bits per heavy atom. The molecule has 0 amide bonds. The summed E-state index contributed by atoms with van der Waals surface area (Å²) in [6.07, 6.45) is 1.55. The Hall–Kier alpha value is -5.08. The van der Waals surface area contributed by atoms with Crippen molar-refractivity contribution in [1.82, 2.24) is 9.55 Å². The molecule has 0 bridgehead atoms. The number of thiazole rings is 1. The van der Waals surface area contributed by atoms with Gasteiger partial charge in [0.1, 0.15) is 16.3 Å². The summed E-state index contributed by atoms with van der Waals surface area (Å²) in [7, 11) is 0. The van der Waals surface area contributed by atoms with Crippen molar-refractivity contribution in [3.05, 3.63) is 112 Å². The molecule has 2 heterocycles. The van der Waals surface area contributed by atoms with Crippen LogP contribution in [0.5, 0.6) is 0 Å². The van der Waals surface area contributed by atoms with Gasteiger partial charge in [0, 0.05) is 17.8 Å². The Morgan fingerprint density at radius 1 is 1.12 bits per heavy atom. The van der Waals surface area contributed by atoms with E-state index in [-0.39, 0.29) is 38.3 Å². The molecule has 4 aromatic rings. The fourth-order valence-corrected chi connectivity index (χ4v) is 5.33. The largest absolute Gasteiger partial charge is 0.462 e. The maximum Gasteiger partial charge on any atom is 0.340 e. The first kappa shape index (κ1) is 27.9. The molecule has 40 heavy (non-hydrogen) atoms. The van der Waals surface area contributed by atoms with E-state index in [9.17, 15) is 29.8 Å². The zero-order valence-corrected chi connectivity index (χ0v) is 22.9. The number of nitrogens with one attached hydrogen (secondary N) is 1. The number of Topliss-reactive ketones (excluding diaryl/α,β-unsaturated/α-hetero) is 1. The van der Waals surface area contributed by atoms with Gasteiger partial charge >= 0.3 is 5.97 Å². The highest BCUT2D eigenvalue weighted by atomic mass is 32.1. The molecule has 0 aliphatic heterocycles. The van der Waals surface area contributed by atoms with Gasteiger partial charge in [-0.15, -0.1) is 11.3 Å². The van der Waals surface area contributed by atoms with Crippen LogP contribution in [0.2, 0.25) is 0 Å². The first-order valence-electron chi connectivity index (χ1n) is 12.2. The molecule has 0 spiro atoms. The second-order valence-electron chi connectivity index (χ2n) is 8.90. The molecule has 0 aliphatic rings. The van der Waals surface area contributed by atoms with Gasteiger partial charge in [0.25, 0.3) is 11.2 Å². The molecule has 0 radical (unpaired) electrons. The van der Waals surface area contributed by atoms with Crippen LogP contribution in [0.25, 0.3) is 17.3 Å². The predicted octanol–water partition coefficient (Wildman–Crippen LogP) is 3.62. The van der Waals surface area contributed by atoms with E-state index in [1.54, 1.807) is 51.1 Å². The standard InChI is InChI=1S/C29H24N4O6S/c1-5-39-29(36)24-17(3)25(31-18(24)4)26(34)22(15-30)28-32(20-10-6-16(2)7-11-20)27(35)23(40-28)14-19-8-12-21(13-9-19)33(37)38/h6-14,31H,5H2,1-4H3/b23-14+,28-22-. The van der Waals surface area contributed by atoms with Gasteiger partial charge in [0.05, 0.1) is 33.0 Å². The van der Waals surface area contributed by atoms with Crippen molar-refractivity contribution >= 4 is 40.4 Å². The predicted molar refractivity (Wildman–Crippen MR) is 150 cm³/mol. The summed E-state index contributed by atoms with van der Waals surface area (Å²) < 4.78 is 6.74. The molecule has 0 fully saturated rings. The van der Waals surface area contributed by atoms with Gasteiger partial charge in [0.15, 0.2) is 0 Å². The molecule has 2 aromatic carbocycles. The molecular formula is C29H24N4O6S. The lowest BCUT2D eigenvalue weighted by atomic mass is 10.0. The van der Waals surface area contributed by atoms with Crippen molar-refractivity contribution in [3.63, 3.8) is 0 Å². The van der Waals surface area contributed by atoms with Crippen molar-refractivity contribution in [2.24, 2.45) is 0 Å². The molecule has 0 aliphatic carbocycles. The van der Waals surface area contributed by atoms with Crippen LogP contribution in [0.1, 0.15) is 50.2 Å². The first-order chi connectivity index (χ1) is 19.1. The van der Waals surface area contributed by atoms with Gasteiger partial charge in [-0.3, -0.25) is 24.3 Å². The number of ketones is 1. The summed E-state index contributed by atoms with van der Waals surface area (Å²) in [6, 6.07) is 14.7. The van der Waals surface area contributed by atoms with Crippen LogP contribution < -0.4 is 14.8 Å². The van der Waals surface area contributed by atoms with Gasteiger partial charge in [-0.05, 0) is 69.2 Å². The van der Waals surface area contributed by atoms with Crippen LogP contribution in [0.15, 0.2) is 53.3 Å². The lowest BCUT2D eigenvalue weighted by Crippen LogP contribution is -2.31. The molecule has 202 valence electrons. The molecular weight excluding hydrogens is 532 g/mol. The van der Waals surface area contributed by atoms with E-state index in [0.717, 1.165) is 16.9 Å². The zero-order valence-electron chi connectivity index (χ0n) is 22.1. The number of benzene rings is 2. The van der Waals surface area contributed by atoms with Crippen LogP contribution in [-0.2, 0) is 4.74 Å². The summed E-state index contributed by atoms with van der Waals surface area (Å²) >= 11 is 0.953. The second kappa shape index (κ2) is 11.3. The molecule has 0 saturated carbocycles. The van der Waals surface area contributed by atoms with Gasteiger partial charge in [-0.2, -0.15) is 5.26 Å².